The summed E-state index contributed by atoms with van der Waals surface area (Å²) in [7, 11) is 0. The van der Waals surface area contributed by atoms with Gasteiger partial charge in [0.1, 0.15) is 5.69 Å². The largest absolute Gasteiger partial charge is 0.461 e. The molecule has 1 rings (SSSR count). The molecule has 0 atom stereocenters. The molecule has 0 radical (unpaired) electrons. The number of aromatic amines is 1. The molecule has 1 N–H and O–H groups in total. The average Bonchev–Trinajstić information content (AvgIpc) is 2.54. The molecule has 0 saturated heterocycles. The lowest BCUT2D eigenvalue weighted by atomic mass is 10.4. The molecule has 0 saturated carbocycles. The van der Waals surface area contributed by atoms with E-state index in [1.165, 1.54) is 6.07 Å². The van der Waals surface area contributed by atoms with Gasteiger partial charge in [0, 0.05) is 6.07 Å². The maximum atomic E-state index is 11.6. The van der Waals surface area contributed by atoms with E-state index in [0.29, 0.717) is 0 Å². The molecule has 13 heavy (non-hydrogen) atoms. The molecule has 0 aliphatic heterocycles. The Hall–Kier alpha value is -1.24. The van der Waals surface area contributed by atoms with E-state index in [4.69, 9.17) is 0 Å². The molecule has 1 aromatic rings. The minimum atomic E-state index is -0.547. The van der Waals surface area contributed by atoms with Gasteiger partial charge in [-0.25, -0.2) is 4.79 Å². The second-order valence-corrected chi connectivity index (χ2v) is 2.28. The highest BCUT2D eigenvalue weighted by Crippen LogP contribution is 2.14. The molecular weight excluding hydrogens is 199 g/mol. The SMILES string of the molecule is CCOC(=O)c1cc(OSF)n[nH]1. The van der Waals surface area contributed by atoms with Crippen LogP contribution in [0.1, 0.15) is 17.4 Å². The molecule has 72 valence electrons. The number of halogens is 1. The summed E-state index contributed by atoms with van der Waals surface area (Å²) in [5.74, 6) is -0.552. The smallest absolute Gasteiger partial charge is 0.356 e. The van der Waals surface area contributed by atoms with Gasteiger partial charge in [-0.1, -0.05) is 0 Å². The maximum Gasteiger partial charge on any atom is 0.356 e. The van der Waals surface area contributed by atoms with Crippen LogP contribution in [0, 0.1) is 0 Å². The van der Waals surface area contributed by atoms with Crippen LogP contribution in [0.2, 0.25) is 0 Å². The van der Waals surface area contributed by atoms with Crippen LogP contribution >= 0.6 is 12.4 Å². The van der Waals surface area contributed by atoms with Crippen molar-refractivity contribution in [2.45, 2.75) is 6.92 Å². The van der Waals surface area contributed by atoms with E-state index in [1.54, 1.807) is 6.92 Å². The zero-order valence-corrected chi connectivity index (χ0v) is 7.56. The minimum absolute atomic E-state index is 0.00412. The Morgan fingerprint density at radius 1 is 1.85 bits per heavy atom. The van der Waals surface area contributed by atoms with Crippen LogP contribution in [0.3, 0.4) is 0 Å². The van der Waals surface area contributed by atoms with Gasteiger partial charge in [-0.2, -0.15) is 0 Å². The number of esters is 1. The summed E-state index contributed by atoms with van der Waals surface area (Å²) in [5.41, 5.74) is 0.130. The zero-order chi connectivity index (χ0) is 9.68. The molecule has 0 aliphatic carbocycles. The number of nitrogens with zero attached hydrogens (tertiary/aromatic N) is 1. The van der Waals surface area contributed by atoms with Gasteiger partial charge in [0.15, 0.2) is 0 Å². The van der Waals surface area contributed by atoms with E-state index in [2.05, 4.69) is 19.1 Å². The van der Waals surface area contributed by atoms with Gasteiger partial charge in [-0.3, -0.25) is 5.10 Å². The predicted octanol–water partition coefficient (Wildman–Crippen LogP) is 1.50. The summed E-state index contributed by atoms with van der Waals surface area (Å²) < 4.78 is 20.5. The van der Waals surface area contributed by atoms with Gasteiger partial charge < -0.3 is 8.92 Å². The fourth-order valence-corrected chi connectivity index (χ4v) is 0.842. The first-order valence-electron chi connectivity index (χ1n) is 3.45. The third kappa shape index (κ3) is 2.62. The monoisotopic (exact) mass is 206 g/mol. The molecule has 1 heterocycles. The van der Waals surface area contributed by atoms with Crippen LogP contribution in [0.4, 0.5) is 3.89 Å². The van der Waals surface area contributed by atoms with Crippen molar-refractivity contribution in [2.24, 2.45) is 0 Å². The Morgan fingerprint density at radius 2 is 2.62 bits per heavy atom. The number of carbonyl (C=O) groups is 1. The van der Waals surface area contributed by atoms with Crippen LogP contribution < -0.4 is 4.18 Å². The first-order valence-corrected chi connectivity index (χ1v) is 4.10. The quantitative estimate of drug-likeness (QED) is 0.597. The predicted molar refractivity (Wildman–Crippen MR) is 43.9 cm³/mol. The highest BCUT2D eigenvalue weighted by atomic mass is 32.2. The number of ether oxygens (including phenoxy) is 1. The Kier molecular flexibility index (Phi) is 3.56. The molecule has 7 heteroatoms. The normalized spacial score (nSPS) is 9.69. The first-order chi connectivity index (χ1) is 6.27. The fraction of sp³-hybridized carbons (Fsp3) is 0.333. The second kappa shape index (κ2) is 4.70. The average molecular weight is 206 g/mol. The highest BCUT2D eigenvalue weighted by molar-refractivity contribution is 7.89. The number of aromatic nitrogens is 2. The molecule has 0 bridgehead atoms. The zero-order valence-electron chi connectivity index (χ0n) is 6.74. The van der Waals surface area contributed by atoms with E-state index >= 15 is 0 Å². The summed E-state index contributed by atoms with van der Waals surface area (Å²) in [6, 6.07) is 1.25. The summed E-state index contributed by atoms with van der Waals surface area (Å²) in [6.45, 7) is 1.95. The van der Waals surface area contributed by atoms with Crippen molar-refractivity contribution in [1.82, 2.24) is 10.2 Å². The van der Waals surface area contributed by atoms with Gasteiger partial charge >= 0.3 is 5.97 Å². The lowest BCUT2D eigenvalue weighted by Gasteiger charge is -1.95. The van der Waals surface area contributed by atoms with Gasteiger partial charge in [0.25, 0.3) is 12.4 Å². The topological polar surface area (TPSA) is 64.2 Å². The van der Waals surface area contributed by atoms with Crippen LogP contribution in [-0.4, -0.2) is 22.8 Å². The Bertz CT molecular complexity index is 291. The van der Waals surface area contributed by atoms with Crippen LogP contribution in [0.5, 0.6) is 5.88 Å². The number of hydrogen-bond acceptors (Lipinski definition) is 5. The van der Waals surface area contributed by atoms with Crippen LogP contribution in [0.15, 0.2) is 6.07 Å². The van der Waals surface area contributed by atoms with Crippen molar-refractivity contribution in [3.63, 3.8) is 0 Å². The third-order valence-corrected chi connectivity index (χ3v) is 1.40. The molecule has 0 aliphatic rings. The lowest BCUT2D eigenvalue weighted by molar-refractivity contribution is 0.0519. The molecule has 1 aromatic heterocycles. The molecule has 0 fully saturated rings. The first kappa shape index (κ1) is 9.85. The number of hydrogen-bond donors (Lipinski definition) is 1. The van der Waals surface area contributed by atoms with Crippen molar-refractivity contribution in [3.05, 3.63) is 11.8 Å². The number of H-pyrrole nitrogens is 1. The molecule has 5 nitrogen and oxygen atoms in total. The van der Waals surface area contributed by atoms with Gasteiger partial charge in [-0.15, -0.1) is 8.98 Å². The van der Waals surface area contributed by atoms with Crippen LogP contribution in [0.25, 0.3) is 0 Å². The number of carbonyl (C=O) groups excluding carboxylic acids is 1. The fourth-order valence-electron chi connectivity index (χ4n) is 0.692. The standard InChI is InChI=1S/C6H7FN2O3S/c1-2-11-6(10)4-3-5(9-8-4)12-13-7/h3H,2H2,1H3,(H,8,9). The van der Waals surface area contributed by atoms with Crippen molar-refractivity contribution in [1.29, 1.82) is 0 Å². The second-order valence-electron chi connectivity index (χ2n) is 1.99. The van der Waals surface area contributed by atoms with Crippen molar-refractivity contribution in [2.75, 3.05) is 6.61 Å². The third-order valence-electron chi connectivity index (χ3n) is 1.17. The Balaban J connectivity index is 2.62. The van der Waals surface area contributed by atoms with Gasteiger partial charge in [-0.05, 0) is 6.92 Å². The molecule has 0 amide bonds. The minimum Gasteiger partial charge on any atom is -0.461 e. The summed E-state index contributed by atoms with van der Waals surface area (Å²) in [6.07, 6.45) is 0. The summed E-state index contributed by atoms with van der Waals surface area (Å²) in [5, 5.41) is 5.85. The van der Waals surface area contributed by atoms with E-state index in [-0.39, 0.29) is 30.6 Å². The van der Waals surface area contributed by atoms with Crippen molar-refractivity contribution < 1.29 is 17.6 Å². The van der Waals surface area contributed by atoms with Crippen molar-refractivity contribution >= 4 is 18.4 Å². The van der Waals surface area contributed by atoms with Gasteiger partial charge in [0.05, 0.1) is 6.61 Å². The lowest BCUT2D eigenvalue weighted by Crippen LogP contribution is -2.04. The summed E-state index contributed by atoms with van der Waals surface area (Å²) in [4.78, 5) is 11.0. The van der Waals surface area contributed by atoms with E-state index in [9.17, 15) is 8.68 Å². The number of nitrogens with one attached hydrogen (secondary N) is 1. The Morgan fingerprint density at radius 3 is 3.23 bits per heavy atom. The molecule has 0 aromatic carbocycles. The number of rotatable bonds is 4. The van der Waals surface area contributed by atoms with E-state index in [0.717, 1.165) is 0 Å². The highest BCUT2D eigenvalue weighted by Gasteiger charge is 2.11. The molecular formula is C6H7FN2O3S. The summed E-state index contributed by atoms with van der Waals surface area (Å²) >= 11 is -0.341. The van der Waals surface area contributed by atoms with Gasteiger partial charge in [0.2, 0.25) is 5.88 Å². The van der Waals surface area contributed by atoms with E-state index in [1.807, 2.05) is 0 Å². The Labute approximate surface area is 78.1 Å². The molecule has 0 spiro atoms. The van der Waals surface area contributed by atoms with Crippen molar-refractivity contribution in [3.8, 4) is 5.88 Å². The maximum absolute atomic E-state index is 11.6. The van der Waals surface area contributed by atoms with E-state index < -0.39 is 5.97 Å². The molecule has 0 unspecified atom stereocenters. The van der Waals surface area contributed by atoms with Crippen LogP contribution in [-0.2, 0) is 4.74 Å².